The first-order valence-corrected chi connectivity index (χ1v) is 14.0. The van der Waals surface area contributed by atoms with Crippen LogP contribution in [0.1, 0.15) is 31.4 Å². The molecule has 188 valence electrons. The largest absolute Gasteiger partial charge is 0.351 e. The molecule has 1 aromatic heterocycles. The molecule has 36 heavy (non-hydrogen) atoms. The highest BCUT2D eigenvalue weighted by Gasteiger charge is 2.39. The highest BCUT2D eigenvalue weighted by atomic mass is 79.9. The summed E-state index contributed by atoms with van der Waals surface area (Å²) in [7, 11) is -3.93. The molecule has 0 bridgehead atoms. The molecule has 11 heteroatoms. The summed E-state index contributed by atoms with van der Waals surface area (Å²) in [6.45, 7) is 0.361. The normalized spacial score (nSPS) is 18.2. The number of nitrogens with zero attached hydrogens (tertiary/aromatic N) is 3. The highest BCUT2D eigenvalue weighted by molar-refractivity contribution is 9.10. The van der Waals surface area contributed by atoms with Gasteiger partial charge in [-0.15, -0.1) is 0 Å². The van der Waals surface area contributed by atoms with Crippen LogP contribution in [0.4, 0.5) is 10.3 Å². The third-order valence-corrected chi connectivity index (χ3v) is 8.65. The average molecular weight is 574 g/mol. The van der Waals surface area contributed by atoms with E-state index in [4.69, 9.17) is 0 Å². The van der Waals surface area contributed by atoms with Gasteiger partial charge in [0.15, 0.2) is 0 Å². The van der Waals surface area contributed by atoms with Gasteiger partial charge in [-0.25, -0.2) is 22.8 Å². The minimum atomic E-state index is -3.93. The molecule has 1 atom stereocenters. The number of amides is 1. The molecule has 0 spiro atoms. The van der Waals surface area contributed by atoms with Gasteiger partial charge in [0, 0.05) is 22.6 Å². The molecule has 2 aromatic carbocycles. The van der Waals surface area contributed by atoms with Gasteiger partial charge in [0.25, 0.3) is 0 Å². The van der Waals surface area contributed by atoms with Crippen LogP contribution in [0, 0.1) is 5.82 Å². The maximum Gasteiger partial charge on any atom is 0.243 e. The van der Waals surface area contributed by atoms with Crippen molar-refractivity contribution in [3.8, 4) is 11.3 Å². The highest BCUT2D eigenvalue weighted by Crippen LogP contribution is 2.28. The third-order valence-electron chi connectivity index (χ3n) is 6.20. The summed E-state index contributed by atoms with van der Waals surface area (Å²) in [5.41, 5.74) is 2.26. The lowest BCUT2D eigenvalue weighted by Gasteiger charge is -2.23. The second-order valence-electron chi connectivity index (χ2n) is 8.94. The van der Waals surface area contributed by atoms with Gasteiger partial charge < -0.3 is 10.6 Å². The van der Waals surface area contributed by atoms with E-state index in [1.165, 1.54) is 16.4 Å². The monoisotopic (exact) mass is 573 g/mol. The first-order valence-electron chi connectivity index (χ1n) is 11.8. The van der Waals surface area contributed by atoms with E-state index in [0.29, 0.717) is 30.5 Å². The molecule has 8 nitrogen and oxygen atoms in total. The molecule has 2 fully saturated rings. The Morgan fingerprint density at radius 2 is 1.78 bits per heavy atom. The third kappa shape index (κ3) is 5.58. The molecule has 2 N–H and O–H groups in total. The summed E-state index contributed by atoms with van der Waals surface area (Å²) in [5.74, 6) is -0.408. The van der Waals surface area contributed by atoms with E-state index in [1.807, 2.05) is 30.3 Å². The number of nitrogens with one attached hydrogen (secondary N) is 2. The fourth-order valence-electron chi connectivity index (χ4n) is 4.16. The molecular weight excluding hydrogens is 549 g/mol. The molecule has 3 aromatic rings. The van der Waals surface area contributed by atoms with Crippen molar-refractivity contribution >= 4 is 37.8 Å². The summed E-state index contributed by atoms with van der Waals surface area (Å²) >= 11 is 3.44. The van der Waals surface area contributed by atoms with Crippen molar-refractivity contribution in [1.29, 1.82) is 0 Å². The maximum atomic E-state index is 13.3. The van der Waals surface area contributed by atoms with Crippen LogP contribution in [0.25, 0.3) is 11.3 Å². The van der Waals surface area contributed by atoms with E-state index in [2.05, 4.69) is 36.5 Å². The molecule has 1 aliphatic heterocycles. The topological polar surface area (TPSA) is 104 Å². The maximum absolute atomic E-state index is 13.3. The van der Waals surface area contributed by atoms with E-state index in [1.54, 1.807) is 0 Å². The lowest BCUT2D eigenvalue weighted by Crippen LogP contribution is -2.45. The number of anilines is 1. The van der Waals surface area contributed by atoms with E-state index in [9.17, 15) is 17.6 Å². The average Bonchev–Trinajstić information content (AvgIpc) is 3.53. The molecule has 1 aliphatic carbocycles. The molecule has 1 amide bonds. The molecule has 2 aliphatic rings. The van der Waals surface area contributed by atoms with Gasteiger partial charge in [0.2, 0.25) is 21.9 Å². The van der Waals surface area contributed by atoms with Gasteiger partial charge in [-0.2, -0.15) is 4.31 Å². The Morgan fingerprint density at radius 1 is 1.06 bits per heavy atom. The number of hydrogen-bond donors (Lipinski definition) is 2. The number of hydrogen-bond acceptors (Lipinski definition) is 6. The Bertz CT molecular complexity index is 1370. The first-order chi connectivity index (χ1) is 17.3. The standard InChI is InChI=1S/C25H25BrFN5O3S/c26-17-5-3-16(4-6-17)22-14-20(30-25(31-22)29-19-9-10-19)15-28-24(33)23-2-1-13-32(23)36(34,35)21-11-7-18(27)8-12-21/h3-8,11-12,14,19,23H,1-2,9-10,13,15H2,(H,28,33)(H,29,30,31)/t23-/m0/s1. The summed E-state index contributed by atoms with van der Waals surface area (Å²) in [4.78, 5) is 22.3. The van der Waals surface area contributed by atoms with Crippen LogP contribution in [0.2, 0.25) is 0 Å². The van der Waals surface area contributed by atoms with E-state index < -0.39 is 27.8 Å². The second-order valence-corrected chi connectivity index (χ2v) is 11.7. The molecular formula is C25H25BrFN5O3S. The Hall–Kier alpha value is -2.89. The Labute approximate surface area is 217 Å². The van der Waals surface area contributed by atoms with Crippen LogP contribution in [0.15, 0.2) is 64.0 Å². The lowest BCUT2D eigenvalue weighted by molar-refractivity contribution is -0.124. The zero-order chi connectivity index (χ0) is 25.3. The van der Waals surface area contributed by atoms with Crippen molar-refractivity contribution in [2.24, 2.45) is 0 Å². The zero-order valence-corrected chi connectivity index (χ0v) is 21.7. The van der Waals surface area contributed by atoms with Crippen LogP contribution in [0.3, 0.4) is 0 Å². The molecule has 2 heterocycles. The summed E-state index contributed by atoms with van der Waals surface area (Å²) < 4.78 is 41.7. The number of rotatable bonds is 8. The smallest absolute Gasteiger partial charge is 0.243 e. The molecule has 5 rings (SSSR count). The SMILES string of the molecule is O=C(NCc1cc(-c2ccc(Br)cc2)nc(NC2CC2)n1)[C@@H]1CCCN1S(=O)(=O)c1ccc(F)cc1. The van der Waals surface area contributed by atoms with Crippen molar-refractivity contribution in [3.05, 3.63) is 70.6 Å². The Balaban J connectivity index is 1.32. The number of aromatic nitrogens is 2. The minimum Gasteiger partial charge on any atom is -0.351 e. The summed E-state index contributed by atoms with van der Waals surface area (Å²) in [5, 5.41) is 6.17. The van der Waals surface area contributed by atoms with Gasteiger partial charge in [-0.1, -0.05) is 28.1 Å². The van der Waals surface area contributed by atoms with Crippen molar-refractivity contribution in [3.63, 3.8) is 0 Å². The number of benzene rings is 2. The van der Waals surface area contributed by atoms with E-state index >= 15 is 0 Å². The van der Waals surface area contributed by atoms with Gasteiger partial charge in [-0.05, 0) is 68.1 Å². The van der Waals surface area contributed by atoms with Gasteiger partial charge in [0.1, 0.15) is 11.9 Å². The van der Waals surface area contributed by atoms with Crippen molar-refractivity contribution in [2.45, 2.75) is 49.2 Å². The zero-order valence-electron chi connectivity index (χ0n) is 19.3. The number of carbonyl (C=O) groups is 1. The van der Waals surface area contributed by atoms with Gasteiger partial charge in [0.05, 0.1) is 22.8 Å². The molecule has 0 unspecified atom stereocenters. The molecule has 0 radical (unpaired) electrons. The summed E-state index contributed by atoms with van der Waals surface area (Å²) in [6, 6.07) is 13.8. The number of halogens is 2. The fourth-order valence-corrected chi connectivity index (χ4v) is 6.08. The van der Waals surface area contributed by atoms with Crippen LogP contribution < -0.4 is 10.6 Å². The van der Waals surface area contributed by atoms with Crippen LogP contribution >= 0.6 is 15.9 Å². The second kappa shape index (κ2) is 10.2. The Morgan fingerprint density at radius 3 is 2.47 bits per heavy atom. The van der Waals surface area contributed by atoms with Crippen LogP contribution in [-0.4, -0.2) is 47.2 Å². The van der Waals surface area contributed by atoms with Crippen molar-refractivity contribution < 1.29 is 17.6 Å². The van der Waals surface area contributed by atoms with Gasteiger partial charge >= 0.3 is 0 Å². The number of sulfonamides is 1. The fraction of sp³-hybridized carbons (Fsp3) is 0.320. The Kier molecular flexibility index (Phi) is 7.05. The quantitative estimate of drug-likeness (QED) is 0.420. The minimum absolute atomic E-state index is 0.0330. The van der Waals surface area contributed by atoms with Crippen molar-refractivity contribution in [1.82, 2.24) is 19.6 Å². The molecule has 1 saturated heterocycles. The molecule has 1 saturated carbocycles. The van der Waals surface area contributed by atoms with Crippen LogP contribution in [0.5, 0.6) is 0 Å². The predicted octanol–water partition coefficient (Wildman–Crippen LogP) is 4.09. The van der Waals surface area contributed by atoms with E-state index in [0.717, 1.165) is 40.7 Å². The predicted molar refractivity (Wildman–Crippen MR) is 137 cm³/mol. The van der Waals surface area contributed by atoms with Crippen LogP contribution in [-0.2, 0) is 21.4 Å². The summed E-state index contributed by atoms with van der Waals surface area (Å²) in [6.07, 6.45) is 3.11. The van der Waals surface area contributed by atoms with E-state index in [-0.39, 0.29) is 18.0 Å². The van der Waals surface area contributed by atoms with Gasteiger partial charge in [-0.3, -0.25) is 4.79 Å². The first kappa shape index (κ1) is 24.8. The van der Waals surface area contributed by atoms with Crippen molar-refractivity contribution in [2.75, 3.05) is 11.9 Å². The lowest BCUT2D eigenvalue weighted by atomic mass is 10.1. The number of carbonyl (C=O) groups excluding carboxylic acids is 1.